The van der Waals surface area contributed by atoms with Crippen LogP contribution in [0.4, 0.5) is 0 Å². The summed E-state index contributed by atoms with van der Waals surface area (Å²) in [5, 5.41) is 11.3. The Morgan fingerprint density at radius 3 is 2.04 bits per heavy atom. The highest BCUT2D eigenvalue weighted by Crippen LogP contribution is 2.43. The number of aliphatic hydroxyl groups is 1. The van der Waals surface area contributed by atoms with Crippen LogP contribution < -0.4 is 0 Å². The highest BCUT2D eigenvalue weighted by molar-refractivity contribution is 6.36. The zero-order valence-electron chi connectivity index (χ0n) is 13.6. The average Bonchev–Trinajstić information content (AvgIpc) is 2.62. The molecule has 0 heterocycles. The minimum absolute atomic E-state index is 0.439. The molecule has 0 fully saturated rings. The molecule has 3 rings (SSSR count). The molecule has 128 valence electrons. The van der Waals surface area contributed by atoms with Crippen LogP contribution in [0.1, 0.15) is 23.4 Å². The van der Waals surface area contributed by atoms with Gasteiger partial charge in [-0.1, -0.05) is 83.9 Å². The molecule has 3 aromatic rings. The molecular formula is C21H17Cl3O. The normalized spacial score (nSPS) is 14.8. The van der Waals surface area contributed by atoms with Crippen molar-refractivity contribution in [2.75, 3.05) is 0 Å². The van der Waals surface area contributed by atoms with E-state index in [1.54, 1.807) is 25.1 Å². The Morgan fingerprint density at radius 1 is 0.840 bits per heavy atom. The van der Waals surface area contributed by atoms with E-state index in [0.29, 0.717) is 15.6 Å². The summed E-state index contributed by atoms with van der Waals surface area (Å²) >= 11 is 18.8. The molecule has 4 heteroatoms. The van der Waals surface area contributed by atoms with Crippen LogP contribution in [0.2, 0.25) is 10.0 Å². The maximum absolute atomic E-state index is 11.0. The predicted octanol–water partition coefficient (Wildman–Crippen LogP) is 6.85. The van der Waals surface area contributed by atoms with E-state index in [4.69, 9.17) is 34.8 Å². The largest absolute Gasteiger partial charge is 0.384 e. The maximum Gasteiger partial charge on any atom is 0.107 e. The van der Waals surface area contributed by atoms with Crippen LogP contribution in [0, 0.1) is 0 Å². The molecule has 0 spiro atoms. The van der Waals surface area contributed by atoms with Crippen molar-refractivity contribution in [1.82, 2.24) is 0 Å². The Kier molecular flexibility index (Phi) is 5.41. The van der Waals surface area contributed by atoms with Gasteiger partial charge in [0.25, 0.3) is 0 Å². The fourth-order valence-electron chi connectivity index (χ4n) is 2.79. The van der Waals surface area contributed by atoms with Gasteiger partial charge in [0.2, 0.25) is 0 Å². The Bertz CT molecular complexity index is 858. The Balaban J connectivity index is 1.91. The second-order valence-corrected chi connectivity index (χ2v) is 7.40. The van der Waals surface area contributed by atoms with Crippen LogP contribution in [-0.4, -0.2) is 5.11 Å². The second-order valence-electron chi connectivity index (χ2n) is 6.12. The lowest BCUT2D eigenvalue weighted by atomic mass is 9.87. The molecule has 2 atom stereocenters. The molecule has 0 aliphatic heterocycles. The van der Waals surface area contributed by atoms with E-state index >= 15 is 0 Å². The van der Waals surface area contributed by atoms with Gasteiger partial charge >= 0.3 is 0 Å². The zero-order valence-corrected chi connectivity index (χ0v) is 15.9. The van der Waals surface area contributed by atoms with Gasteiger partial charge in [0.05, 0.1) is 5.38 Å². The molecule has 1 N–H and O–H groups in total. The molecule has 0 aliphatic rings. The molecule has 0 bridgehead atoms. The van der Waals surface area contributed by atoms with Crippen molar-refractivity contribution in [3.05, 3.63) is 94.0 Å². The molecule has 0 saturated carbocycles. The summed E-state index contributed by atoms with van der Waals surface area (Å²) in [5.74, 6) is 0. The van der Waals surface area contributed by atoms with Gasteiger partial charge in [-0.05, 0) is 41.3 Å². The van der Waals surface area contributed by atoms with Crippen molar-refractivity contribution in [2.45, 2.75) is 17.9 Å². The van der Waals surface area contributed by atoms with E-state index in [1.165, 1.54) is 0 Å². The van der Waals surface area contributed by atoms with Crippen LogP contribution in [0.5, 0.6) is 0 Å². The quantitative estimate of drug-likeness (QED) is 0.482. The molecular weight excluding hydrogens is 375 g/mol. The number of benzene rings is 3. The lowest BCUT2D eigenvalue weighted by molar-refractivity contribution is 0.0519. The van der Waals surface area contributed by atoms with E-state index in [1.807, 2.05) is 54.6 Å². The Hall–Kier alpha value is -1.51. The summed E-state index contributed by atoms with van der Waals surface area (Å²) in [6.45, 7) is 1.69. The highest BCUT2D eigenvalue weighted by atomic mass is 35.5. The van der Waals surface area contributed by atoms with E-state index < -0.39 is 11.0 Å². The third-order valence-electron chi connectivity index (χ3n) is 4.31. The van der Waals surface area contributed by atoms with Gasteiger partial charge < -0.3 is 5.11 Å². The average molecular weight is 392 g/mol. The summed E-state index contributed by atoms with van der Waals surface area (Å²) in [4.78, 5) is 0. The molecule has 0 saturated heterocycles. The first-order valence-electron chi connectivity index (χ1n) is 7.87. The number of alkyl halides is 1. The van der Waals surface area contributed by atoms with Gasteiger partial charge in [0.1, 0.15) is 5.60 Å². The fraction of sp³-hybridized carbons (Fsp3) is 0.143. The van der Waals surface area contributed by atoms with E-state index in [0.717, 1.165) is 16.7 Å². The first kappa shape index (κ1) is 18.3. The van der Waals surface area contributed by atoms with Crippen molar-refractivity contribution in [1.29, 1.82) is 0 Å². The lowest BCUT2D eigenvalue weighted by Gasteiger charge is -2.30. The van der Waals surface area contributed by atoms with Crippen LogP contribution in [-0.2, 0) is 5.60 Å². The SMILES string of the molecule is CC(O)(c1ccc(-c2ccccc2)cc1)C(Cl)c1ccc(Cl)cc1Cl. The molecule has 0 amide bonds. The summed E-state index contributed by atoms with van der Waals surface area (Å²) in [6.07, 6.45) is 0. The van der Waals surface area contributed by atoms with Crippen molar-refractivity contribution in [2.24, 2.45) is 0 Å². The first-order valence-corrected chi connectivity index (χ1v) is 9.06. The minimum atomic E-state index is -1.28. The Morgan fingerprint density at radius 2 is 1.44 bits per heavy atom. The molecule has 0 aliphatic carbocycles. The molecule has 0 radical (unpaired) electrons. The minimum Gasteiger partial charge on any atom is -0.384 e. The number of hydrogen-bond acceptors (Lipinski definition) is 1. The van der Waals surface area contributed by atoms with Gasteiger partial charge in [-0.3, -0.25) is 0 Å². The van der Waals surface area contributed by atoms with Gasteiger partial charge in [-0.15, -0.1) is 11.6 Å². The van der Waals surface area contributed by atoms with Crippen molar-refractivity contribution >= 4 is 34.8 Å². The van der Waals surface area contributed by atoms with Crippen LogP contribution in [0.15, 0.2) is 72.8 Å². The third-order valence-corrected chi connectivity index (χ3v) is 5.53. The monoisotopic (exact) mass is 390 g/mol. The van der Waals surface area contributed by atoms with Gasteiger partial charge in [-0.2, -0.15) is 0 Å². The third kappa shape index (κ3) is 3.86. The first-order chi connectivity index (χ1) is 11.9. The molecule has 0 aromatic heterocycles. The van der Waals surface area contributed by atoms with E-state index in [-0.39, 0.29) is 0 Å². The van der Waals surface area contributed by atoms with Crippen LogP contribution in [0.3, 0.4) is 0 Å². The number of rotatable bonds is 4. The standard InChI is InChI=1S/C21H17Cl3O/c1-21(25,20(24)18-12-11-17(22)13-19(18)23)16-9-7-15(8-10-16)14-5-3-2-4-6-14/h2-13,20,25H,1H3. The summed E-state index contributed by atoms with van der Waals surface area (Å²) in [5.41, 5.74) is 2.28. The van der Waals surface area contributed by atoms with Crippen LogP contribution >= 0.6 is 34.8 Å². The fourth-order valence-corrected chi connectivity index (χ4v) is 3.68. The summed E-state index contributed by atoms with van der Waals surface area (Å²) in [6, 6.07) is 22.9. The van der Waals surface area contributed by atoms with Crippen molar-refractivity contribution in [3.63, 3.8) is 0 Å². The maximum atomic E-state index is 11.0. The van der Waals surface area contributed by atoms with Gasteiger partial charge in [-0.25, -0.2) is 0 Å². The number of hydrogen-bond donors (Lipinski definition) is 1. The molecule has 3 aromatic carbocycles. The molecule has 2 unspecified atom stereocenters. The lowest BCUT2D eigenvalue weighted by Crippen LogP contribution is -2.27. The van der Waals surface area contributed by atoms with E-state index in [2.05, 4.69) is 0 Å². The number of halogens is 3. The van der Waals surface area contributed by atoms with E-state index in [9.17, 15) is 5.11 Å². The topological polar surface area (TPSA) is 20.2 Å². The van der Waals surface area contributed by atoms with Crippen molar-refractivity contribution < 1.29 is 5.11 Å². The molecule has 25 heavy (non-hydrogen) atoms. The highest BCUT2D eigenvalue weighted by Gasteiger charge is 2.34. The molecule has 1 nitrogen and oxygen atoms in total. The van der Waals surface area contributed by atoms with Crippen molar-refractivity contribution in [3.8, 4) is 11.1 Å². The Labute approximate surface area is 162 Å². The van der Waals surface area contributed by atoms with Gasteiger partial charge in [0.15, 0.2) is 0 Å². The smallest absolute Gasteiger partial charge is 0.107 e. The predicted molar refractivity (Wildman–Crippen MR) is 107 cm³/mol. The second kappa shape index (κ2) is 7.39. The zero-order chi connectivity index (χ0) is 18.0. The van der Waals surface area contributed by atoms with Crippen LogP contribution in [0.25, 0.3) is 11.1 Å². The van der Waals surface area contributed by atoms with Gasteiger partial charge in [0, 0.05) is 10.0 Å². The summed E-state index contributed by atoms with van der Waals surface area (Å²) < 4.78 is 0. The summed E-state index contributed by atoms with van der Waals surface area (Å²) in [7, 11) is 0.